The molecule has 1 unspecified atom stereocenters. The Kier molecular flexibility index (Phi) is 14.3. The Hall–Kier alpha value is -3.34. The first kappa shape index (κ1) is 33.7. The van der Waals surface area contributed by atoms with Crippen molar-refractivity contribution in [2.24, 2.45) is 17.6 Å². The number of hydrogen-bond acceptors (Lipinski definition) is 10. The number of ether oxygens (including phenoxy) is 5. The first-order valence-electron chi connectivity index (χ1n) is 13.3. The second kappa shape index (κ2) is 16.6. The van der Waals surface area contributed by atoms with E-state index < -0.39 is 35.9 Å². The van der Waals surface area contributed by atoms with Crippen molar-refractivity contribution < 1.29 is 48.0 Å². The van der Waals surface area contributed by atoms with Crippen molar-refractivity contribution in [3.05, 3.63) is 23.8 Å². The highest BCUT2D eigenvalue weighted by atomic mass is 16.7. The van der Waals surface area contributed by atoms with Crippen molar-refractivity contribution in [3.63, 3.8) is 0 Å². The van der Waals surface area contributed by atoms with Gasteiger partial charge in [0.15, 0.2) is 11.5 Å². The van der Waals surface area contributed by atoms with Gasteiger partial charge in [-0.15, -0.1) is 0 Å². The van der Waals surface area contributed by atoms with E-state index >= 15 is 0 Å². The normalized spacial score (nSPS) is 13.4. The Morgan fingerprint density at radius 3 is 1.92 bits per heavy atom. The lowest BCUT2D eigenvalue weighted by Crippen LogP contribution is -2.52. The third-order valence-corrected chi connectivity index (χ3v) is 5.61. The highest BCUT2D eigenvalue weighted by Crippen LogP contribution is 2.31. The van der Waals surface area contributed by atoms with E-state index in [0.29, 0.717) is 36.7 Å². The van der Waals surface area contributed by atoms with E-state index in [1.807, 2.05) is 34.6 Å². The number of nitrogens with two attached hydrogens (primary N) is 1. The third-order valence-electron chi connectivity index (χ3n) is 5.61. The van der Waals surface area contributed by atoms with E-state index in [9.17, 15) is 24.3 Å². The maximum absolute atomic E-state index is 12.3. The van der Waals surface area contributed by atoms with E-state index in [4.69, 9.17) is 29.4 Å². The van der Waals surface area contributed by atoms with E-state index in [0.717, 1.165) is 0 Å². The van der Waals surface area contributed by atoms with Crippen molar-refractivity contribution in [1.29, 1.82) is 0 Å². The first-order chi connectivity index (χ1) is 18.2. The van der Waals surface area contributed by atoms with E-state index in [2.05, 4.69) is 0 Å². The fourth-order valence-corrected chi connectivity index (χ4v) is 3.46. The molecule has 0 aliphatic heterocycles. The fraction of sp³-hybridized carbons (Fsp3) is 0.643. The summed E-state index contributed by atoms with van der Waals surface area (Å²) in [7, 11) is 0. The van der Waals surface area contributed by atoms with Crippen LogP contribution in [0.5, 0.6) is 11.5 Å². The van der Waals surface area contributed by atoms with Gasteiger partial charge in [-0.05, 0) is 55.7 Å². The molecule has 11 heteroatoms. The number of carbonyl (C=O) groups excluding carboxylic acids is 3. The predicted molar refractivity (Wildman–Crippen MR) is 143 cm³/mol. The van der Waals surface area contributed by atoms with Crippen molar-refractivity contribution in [3.8, 4) is 11.5 Å². The predicted octanol–water partition coefficient (Wildman–Crippen LogP) is 5.26. The van der Waals surface area contributed by atoms with Crippen LogP contribution < -0.4 is 15.2 Å². The third kappa shape index (κ3) is 13.3. The average molecular weight is 554 g/mol. The van der Waals surface area contributed by atoms with E-state index in [-0.39, 0.29) is 44.0 Å². The summed E-state index contributed by atoms with van der Waals surface area (Å²) in [5.74, 6) is -1.40. The van der Waals surface area contributed by atoms with Crippen molar-refractivity contribution in [2.45, 2.75) is 91.7 Å². The topological polar surface area (TPSA) is 161 Å². The molecule has 0 amide bonds. The number of esters is 1. The molecule has 0 bridgehead atoms. The van der Waals surface area contributed by atoms with E-state index in [1.54, 1.807) is 6.92 Å². The second-order valence-corrected chi connectivity index (χ2v) is 10.4. The zero-order chi connectivity index (χ0) is 29.6. The quantitative estimate of drug-likeness (QED) is 0.156. The van der Waals surface area contributed by atoms with Crippen molar-refractivity contribution >= 4 is 24.2 Å². The Labute approximate surface area is 230 Å². The highest BCUT2D eigenvalue weighted by Gasteiger charge is 2.37. The minimum Gasteiger partial charge on any atom is -0.480 e. The molecule has 0 aliphatic carbocycles. The molecule has 0 aromatic heterocycles. The van der Waals surface area contributed by atoms with Gasteiger partial charge in [-0.1, -0.05) is 40.7 Å². The first-order valence-corrected chi connectivity index (χ1v) is 13.3. The molecule has 1 aromatic rings. The molecule has 11 nitrogen and oxygen atoms in total. The van der Waals surface area contributed by atoms with Crippen LogP contribution in [0, 0.1) is 11.8 Å². The molecular formula is C28H43NO10. The van der Waals surface area contributed by atoms with Gasteiger partial charge in [-0.25, -0.2) is 9.59 Å². The van der Waals surface area contributed by atoms with Gasteiger partial charge in [0.2, 0.25) is 0 Å². The molecule has 0 radical (unpaired) electrons. The minimum atomic E-state index is -1.81. The van der Waals surface area contributed by atoms with Gasteiger partial charge in [0.25, 0.3) is 0 Å². The second-order valence-electron chi connectivity index (χ2n) is 10.4. The van der Waals surface area contributed by atoms with Crippen LogP contribution >= 0.6 is 0 Å². The molecule has 220 valence electrons. The van der Waals surface area contributed by atoms with Crippen LogP contribution in [-0.4, -0.2) is 54.2 Å². The number of carbonyl (C=O) groups is 4. The minimum absolute atomic E-state index is 0.117. The summed E-state index contributed by atoms with van der Waals surface area (Å²) in [6, 6.07) is 4.19. The van der Waals surface area contributed by atoms with Crippen LogP contribution in [0.2, 0.25) is 0 Å². The van der Waals surface area contributed by atoms with Crippen LogP contribution in [0.15, 0.2) is 18.2 Å². The lowest BCUT2D eigenvalue weighted by molar-refractivity contribution is -0.153. The van der Waals surface area contributed by atoms with Crippen molar-refractivity contribution in [2.75, 3.05) is 13.2 Å². The molecular weight excluding hydrogens is 510 g/mol. The zero-order valence-corrected chi connectivity index (χ0v) is 23.8. The van der Waals surface area contributed by atoms with Crippen LogP contribution in [-0.2, 0) is 30.2 Å². The summed E-state index contributed by atoms with van der Waals surface area (Å²) in [6.45, 7) is 11.6. The Morgan fingerprint density at radius 2 is 1.44 bits per heavy atom. The van der Waals surface area contributed by atoms with Crippen LogP contribution in [0.4, 0.5) is 9.59 Å². The monoisotopic (exact) mass is 553 g/mol. The molecule has 1 rings (SSSR count). The molecule has 0 saturated heterocycles. The molecule has 2 atom stereocenters. The maximum atomic E-state index is 12.3. The van der Waals surface area contributed by atoms with Gasteiger partial charge < -0.3 is 34.5 Å². The van der Waals surface area contributed by atoms with Crippen LogP contribution in [0.25, 0.3) is 0 Å². The van der Waals surface area contributed by atoms with E-state index in [1.165, 1.54) is 18.2 Å². The largest absolute Gasteiger partial charge is 0.513 e. The van der Waals surface area contributed by atoms with Crippen LogP contribution in [0.1, 0.15) is 79.2 Å². The molecule has 0 aliphatic rings. The molecule has 0 heterocycles. The summed E-state index contributed by atoms with van der Waals surface area (Å²) < 4.78 is 26.0. The summed E-state index contributed by atoms with van der Waals surface area (Å²) in [6.07, 6.45) is -1.04. The standard InChI is InChI=1S/C28H43NO10/c1-7-8-24(30)37-20(6)16-28(29,25(31)32)17-21-9-10-22(38-26(33)35-13-11-18(2)3)23(15-21)39-27(34)36-14-12-19(4)5/h9-10,15,18-20H,7-8,11-14,16-17,29H2,1-6H3,(H,31,32)/t20-,28?/m0/s1. The van der Waals surface area contributed by atoms with Gasteiger partial charge >= 0.3 is 24.2 Å². The van der Waals surface area contributed by atoms with Gasteiger partial charge in [0.05, 0.1) is 13.2 Å². The van der Waals surface area contributed by atoms with Gasteiger partial charge in [-0.2, -0.15) is 0 Å². The number of rotatable bonds is 16. The molecule has 39 heavy (non-hydrogen) atoms. The Morgan fingerprint density at radius 1 is 0.897 bits per heavy atom. The highest BCUT2D eigenvalue weighted by molar-refractivity contribution is 5.79. The average Bonchev–Trinajstić information content (AvgIpc) is 2.80. The van der Waals surface area contributed by atoms with Crippen LogP contribution in [0.3, 0.4) is 0 Å². The van der Waals surface area contributed by atoms with Gasteiger partial charge in [-0.3, -0.25) is 9.59 Å². The molecule has 0 fully saturated rings. The summed E-state index contributed by atoms with van der Waals surface area (Å²) in [4.78, 5) is 48.4. The molecule has 1 aromatic carbocycles. The summed E-state index contributed by atoms with van der Waals surface area (Å²) >= 11 is 0. The number of carboxylic acids is 1. The number of hydrogen-bond donors (Lipinski definition) is 2. The SMILES string of the molecule is CCCC(=O)O[C@@H](C)CC(N)(Cc1ccc(OC(=O)OCCC(C)C)c(OC(=O)OCCC(C)C)c1)C(=O)O. The number of aliphatic carboxylic acids is 1. The summed E-state index contributed by atoms with van der Waals surface area (Å²) in [5, 5.41) is 9.87. The fourth-order valence-electron chi connectivity index (χ4n) is 3.46. The molecule has 0 saturated carbocycles. The molecule has 0 spiro atoms. The van der Waals surface area contributed by atoms with Gasteiger partial charge in [0.1, 0.15) is 11.6 Å². The Bertz CT molecular complexity index is 962. The smallest absolute Gasteiger partial charge is 0.480 e. The summed E-state index contributed by atoms with van der Waals surface area (Å²) in [5.41, 5.74) is 4.80. The number of benzene rings is 1. The maximum Gasteiger partial charge on any atom is 0.513 e. The van der Waals surface area contributed by atoms with Gasteiger partial charge in [0, 0.05) is 19.3 Å². The zero-order valence-electron chi connectivity index (χ0n) is 23.8. The Balaban J connectivity index is 3.13. The van der Waals surface area contributed by atoms with Crippen molar-refractivity contribution in [1.82, 2.24) is 0 Å². The lowest BCUT2D eigenvalue weighted by Gasteiger charge is -2.28. The molecule has 3 N–H and O–H groups in total. The lowest BCUT2D eigenvalue weighted by atomic mass is 9.86. The number of carboxylic acid groups (broad SMARTS) is 1.